The predicted molar refractivity (Wildman–Crippen MR) is 105 cm³/mol. The number of carbonyl (C=O) groups is 1. The number of aryl methyl sites for hydroxylation is 1. The highest BCUT2D eigenvalue weighted by Crippen LogP contribution is 2.23. The van der Waals surface area contributed by atoms with Crippen LogP contribution in [0.1, 0.15) is 42.8 Å². The molecule has 25 heavy (non-hydrogen) atoms. The Morgan fingerprint density at radius 1 is 1.24 bits per heavy atom. The molecule has 0 spiro atoms. The van der Waals surface area contributed by atoms with E-state index < -0.39 is 0 Å². The lowest BCUT2D eigenvalue weighted by molar-refractivity contribution is -0.122. The largest absolute Gasteiger partial charge is 0.349 e. The zero-order valence-electron chi connectivity index (χ0n) is 14.2. The van der Waals surface area contributed by atoms with Crippen LogP contribution in [0.3, 0.4) is 0 Å². The van der Waals surface area contributed by atoms with Crippen LogP contribution < -0.4 is 5.32 Å². The summed E-state index contributed by atoms with van der Waals surface area (Å²) in [5, 5.41) is 4.90. The van der Waals surface area contributed by atoms with E-state index in [0.29, 0.717) is 11.4 Å². The smallest absolute Gasteiger partial charge is 0.220 e. The number of hydrogen-bond donors (Lipinski definition) is 1. The van der Waals surface area contributed by atoms with Crippen LogP contribution >= 0.6 is 22.9 Å². The van der Waals surface area contributed by atoms with Gasteiger partial charge >= 0.3 is 0 Å². The normalized spacial score (nSPS) is 12.2. The van der Waals surface area contributed by atoms with Crippen molar-refractivity contribution in [1.82, 2.24) is 10.3 Å². The molecule has 1 heterocycles. The lowest BCUT2D eigenvalue weighted by Crippen LogP contribution is -2.27. The lowest BCUT2D eigenvalue weighted by atomic mass is 10.0. The van der Waals surface area contributed by atoms with Crippen LogP contribution in [-0.2, 0) is 11.2 Å². The molecule has 0 aliphatic rings. The average Bonchev–Trinajstić information content (AvgIpc) is 3.02. The van der Waals surface area contributed by atoms with Gasteiger partial charge in [0.15, 0.2) is 0 Å². The van der Waals surface area contributed by atoms with Crippen molar-refractivity contribution in [3.63, 3.8) is 0 Å². The summed E-state index contributed by atoms with van der Waals surface area (Å²) in [7, 11) is 0. The molecule has 1 amide bonds. The van der Waals surface area contributed by atoms with E-state index in [1.54, 1.807) is 11.3 Å². The molecule has 0 fully saturated rings. The van der Waals surface area contributed by atoms with Gasteiger partial charge in [-0.1, -0.05) is 42.8 Å². The summed E-state index contributed by atoms with van der Waals surface area (Å²) in [5.41, 5.74) is 2.09. The van der Waals surface area contributed by atoms with E-state index in [9.17, 15) is 4.79 Å². The number of fused-ring (bicyclic) bond motifs is 1. The first kappa shape index (κ1) is 17.9. The van der Waals surface area contributed by atoms with E-state index in [1.807, 2.05) is 42.5 Å². The molecule has 3 aromatic rings. The summed E-state index contributed by atoms with van der Waals surface area (Å²) in [5.74, 6) is 0.0768. The van der Waals surface area contributed by atoms with E-state index in [-0.39, 0.29) is 11.9 Å². The number of nitrogens with one attached hydrogen (secondary N) is 1. The zero-order chi connectivity index (χ0) is 17.6. The number of carbonyl (C=O) groups excluding carboxylic acids is 1. The number of aromatic nitrogens is 1. The summed E-state index contributed by atoms with van der Waals surface area (Å²) >= 11 is 7.76. The van der Waals surface area contributed by atoms with Crippen LogP contribution in [0.5, 0.6) is 0 Å². The average molecular weight is 373 g/mol. The van der Waals surface area contributed by atoms with Crippen LogP contribution in [-0.4, -0.2) is 10.9 Å². The second-order valence-corrected chi connectivity index (χ2v) is 7.56. The maximum atomic E-state index is 12.3. The first-order chi connectivity index (χ1) is 12.2. The summed E-state index contributed by atoms with van der Waals surface area (Å²) in [6.45, 7) is 2.06. The molecule has 1 N–H and O–H groups in total. The molecule has 0 bridgehead atoms. The molecule has 0 saturated heterocycles. The van der Waals surface area contributed by atoms with Gasteiger partial charge in [0.2, 0.25) is 5.91 Å². The minimum Gasteiger partial charge on any atom is -0.349 e. The van der Waals surface area contributed by atoms with Gasteiger partial charge in [-0.3, -0.25) is 4.79 Å². The van der Waals surface area contributed by atoms with Gasteiger partial charge in [-0.05, 0) is 49.1 Å². The number of halogens is 1. The van der Waals surface area contributed by atoms with Crippen molar-refractivity contribution in [3.8, 4) is 0 Å². The molecule has 1 unspecified atom stereocenters. The Morgan fingerprint density at radius 3 is 2.84 bits per heavy atom. The van der Waals surface area contributed by atoms with Gasteiger partial charge in [0.05, 0.1) is 21.3 Å². The molecule has 1 aromatic heterocycles. The van der Waals surface area contributed by atoms with Crippen molar-refractivity contribution in [1.29, 1.82) is 0 Å². The highest BCUT2D eigenvalue weighted by atomic mass is 35.5. The van der Waals surface area contributed by atoms with E-state index in [1.165, 1.54) is 4.70 Å². The van der Waals surface area contributed by atoms with Crippen LogP contribution in [0.4, 0.5) is 0 Å². The molecular formula is C20H21ClN2OS. The molecule has 5 heteroatoms. The van der Waals surface area contributed by atoms with Gasteiger partial charge in [-0.15, -0.1) is 11.3 Å². The van der Waals surface area contributed by atoms with E-state index >= 15 is 0 Å². The Balaban J connectivity index is 1.51. The first-order valence-electron chi connectivity index (χ1n) is 8.55. The van der Waals surface area contributed by atoms with Gasteiger partial charge < -0.3 is 5.32 Å². The van der Waals surface area contributed by atoms with Gasteiger partial charge in [0.25, 0.3) is 0 Å². The summed E-state index contributed by atoms with van der Waals surface area (Å²) < 4.78 is 1.20. The highest BCUT2D eigenvalue weighted by Gasteiger charge is 2.13. The summed E-state index contributed by atoms with van der Waals surface area (Å²) in [6.07, 6.45) is 2.98. The van der Waals surface area contributed by atoms with Crippen molar-refractivity contribution >= 4 is 39.1 Å². The van der Waals surface area contributed by atoms with Crippen molar-refractivity contribution in [2.45, 2.75) is 38.6 Å². The number of hydrogen-bond acceptors (Lipinski definition) is 3. The highest BCUT2D eigenvalue weighted by molar-refractivity contribution is 7.18. The molecule has 130 valence electrons. The monoisotopic (exact) mass is 372 g/mol. The Hall–Kier alpha value is -1.91. The Bertz CT molecular complexity index is 829. The molecule has 1 atom stereocenters. The van der Waals surface area contributed by atoms with Crippen LogP contribution in [0.25, 0.3) is 10.2 Å². The Kier molecular flexibility index (Phi) is 6.05. The fourth-order valence-electron chi connectivity index (χ4n) is 2.84. The molecule has 0 aliphatic carbocycles. The van der Waals surface area contributed by atoms with Crippen LogP contribution in [0.2, 0.25) is 5.02 Å². The molecular weight excluding hydrogens is 352 g/mol. The first-order valence-corrected chi connectivity index (χ1v) is 9.74. The third kappa shape index (κ3) is 4.80. The third-order valence-electron chi connectivity index (χ3n) is 4.13. The number of rotatable bonds is 7. The van der Waals surface area contributed by atoms with E-state index in [2.05, 4.69) is 23.3 Å². The summed E-state index contributed by atoms with van der Waals surface area (Å²) in [4.78, 5) is 16.9. The second-order valence-electron chi connectivity index (χ2n) is 6.01. The predicted octanol–water partition coefficient (Wildman–Crippen LogP) is 5.54. The van der Waals surface area contributed by atoms with Crippen molar-refractivity contribution in [2.75, 3.05) is 0 Å². The van der Waals surface area contributed by atoms with Gasteiger partial charge in [-0.25, -0.2) is 4.98 Å². The number of amides is 1. The molecule has 0 radical (unpaired) electrons. The van der Waals surface area contributed by atoms with Crippen LogP contribution in [0, 0.1) is 0 Å². The molecule has 3 nitrogen and oxygen atoms in total. The van der Waals surface area contributed by atoms with Gasteiger partial charge in [0.1, 0.15) is 0 Å². The zero-order valence-corrected chi connectivity index (χ0v) is 15.7. The summed E-state index contributed by atoms with van der Waals surface area (Å²) in [6, 6.07) is 15.8. The lowest BCUT2D eigenvalue weighted by Gasteiger charge is -2.17. The molecule has 0 aliphatic heterocycles. The minimum absolute atomic E-state index is 0.00801. The number of nitrogens with zero attached hydrogens (tertiary/aromatic N) is 1. The topological polar surface area (TPSA) is 42.0 Å². The van der Waals surface area contributed by atoms with Crippen molar-refractivity contribution in [3.05, 3.63) is 64.1 Å². The maximum absolute atomic E-state index is 12.3. The molecule has 0 saturated carbocycles. The van der Waals surface area contributed by atoms with Gasteiger partial charge in [-0.2, -0.15) is 0 Å². The number of benzene rings is 2. The fourth-order valence-corrected chi connectivity index (χ4v) is 4.05. The van der Waals surface area contributed by atoms with Crippen LogP contribution in [0.15, 0.2) is 48.5 Å². The molecule has 3 rings (SSSR count). The quantitative estimate of drug-likeness (QED) is 0.591. The van der Waals surface area contributed by atoms with E-state index in [0.717, 1.165) is 35.4 Å². The number of thiazole rings is 1. The second kappa shape index (κ2) is 8.45. The SMILES string of the molecule is CCC(NC(=O)CCCc1nc2ccccc2s1)c1cccc(Cl)c1. The standard InChI is InChI=1S/C20H21ClN2OS/c1-2-16(14-7-5-8-15(21)13-14)22-19(24)11-6-12-20-23-17-9-3-4-10-18(17)25-20/h3-5,7-10,13,16H,2,6,11-12H2,1H3,(H,22,24). The minimum atomic E-state index is 0.00801. The maximum Gasteiger partial charge on any atom is 0.220 e. The Labute approximate surface area is 157 Å². The van der Waals surface area contributed by atoms with E-state index in [4.69, 9.17) is 11.6 Å². The van der Waals surface area contributed by atoms with Crippen molar-refractivity contribution in [2.24, 2.45) is 0 Å². The molecule has 2 aromatic carbocycles. The fraction of sp³-hybridized carbons (Fsp3) is 0.300. The third-order valence-corrected chi connectivity index (χ3v) is 5.46. The Morgan fingerprint density at radius 2 is 2.08 bits per heavy atom. The van der Waals surface area contributed by atoms with Crippen molar-refractivity contribution < 1.29 is 4.79 Å². The van der Waals surface area contributed by atoms with Gasteiger partial charge in [0, 0.05) is 11.4 Å². The number of para-hydroxylation sites is 1.